The molecule has 2 heterocycles. The van der Waals surface area contributed by atoms with Crippen LogP contribution in [0.2, 0.25) is 0 Å². The first-order valence-electron chi connectivity index (χ1n) is 7.50. The summed E-state index contributed by atoms with van der Waals surface area (Å²) in [5, 5.41) is 0. The minimum absolute atomic E-state index is 0.129. The average Bonchev–Trinajstić information content (AvgIpc) is 2.71. The Hall–Kier alpha value is -2.03. The van der Waals surface area contributed by atoms with Crippen molar-refractivity contribution in [2.75, 3.05) is 16.3 Å². The summed E-state index contributed by atoms with van der Waals surface area (Å²) in [6, 6.07) is 12.1. The minimum atomic E-state index is -1.47. The number of fused-ring (bicyclic) bond motifs is 1. The van der Waals surface area contributed by atoms with Crippen molar-refractivity contribution in [1.29, 1.82) is 0 Å². The molecule has 0 saturated carbocycles. The van der Waals surface area contributed by atoms with Crippen LogP contribution < -0.4 is 9.80 Å². The largest absolute Gasteiger partial charge is 0.335 e. The van der Waals surface area contributed by atoms with E-state index in [1.807, 2.05) is 31.2 Å². The van der Waals surface area contributed by atoms with Gasteiger partial charge in [0, 0.05) is 21.1 Å². The van der Waals surface area contributed by atoms with Crippen LogP contribution in [0.15, 0.2) is 42.6 Å². The Labute approximate surface area is 117 Å². The molecule has 0 fully saturated rings. The molecule has 2 aromatic rings. The van der Waals surface area contributed by atoms with Crippen LogP contribution in [0.5, 0.6) is 0 Å². The predicted octanol–water partition coefficient (Wildman–Crippen LogP) is 3.71. The van der Waals surface area contributed by atoms with Gasteiger partial charge in [0.25, 0.3) is 0 Å². The van der Waals surface area contributed by atoms with Gasteiger partial charge in [-0.15, -0.1) is 0 Å². The fraction of sp³-hybridized carbons (Fsp3) is 0.312. The second-order valence-electron chi connectivity index (χ2n) is 4.73. The average molecular weight is 255 g/mol. The van der Waals surface area contributed by atoms with Gasteiger partial charge in [-0.2, -0.15) is 0 Å². The first-order chi connectivity index (χ1) is 9.91. The van der Waals surface area contributed by atoms with Crippen LogP contribution in [0.1, 0.15) is 22.2 Å². The first kappa shape index (κ1) is 9.84. The zero-order valence-corrected chi connectivity index (χ0v) is 11.5. The Balaban J connectivity index is 2.18. The van der Waals surface area contributed by atoms with Crippen LogP contribution in [0.25, 0.3) is 0 Å². The van der Waals surface area contributed by atoms with Crippen molar-refractivity contribution in [3.63, 3.8) is 0 Å². The van der Waals surface area contributed by atoms with Crippen molar-refractivity contribution in [2.45, 2.75) is 26.9 Å². The standard InChI is InChI=1S/C16H19N3/c1-4-18-13(3)19(14-9-6-5-8-12(14)2)15-10-7-11-17-16(15)18/h5-11,13H,4H2,1-3H3/t13-/m1/s1/i4D2. The third-order valence-electron chi connectivity index (χ3n) is 3.62. The number of hydrogen-bond donors (Lipinski definition) is 0. The Kier molecular flexibility index (Phi) is 2.37. The van der Waals surface area contributed by atoms with E-state index >= 15 is 0 Å². The topological polar surface area (TPSA) is 19.4 Å². The van der Waals surface area contributed by atoms with E-state index in [9.17, 15) is 0 Å². The zero-order chi connectivity index (χ0) is 15.2. The summed E-state index contributed by atoms with van der Waals surface area (Å²) in [7, 11) is 0. The molecular weight excluding hydrogens is 234 g/mol. The summed E-state index contributed by atoms with van der Waals surface area (Å²) >= 11 is 0. The van der Waals surface area contributed by atoms with Crippen LogP contribution in [-0.2, 0) is 0 Å². The second-order valence-corrected chi connectivity index (χ2v) is 4.73. The minimum Gasteiger partial charge on any atom is -0.335 e. The molecule has 0 spiro atoms. The third-order valence-corrected chi connectivity index (χ3v) is 3.62. The number of rotatable bonds is 2. The fourth-order valence-corrected chi connectivity index (χ4v) is 2.71. The number of benzene rings is 1. The highest BCUT2D eigenvalue weighted by molar-refractivity contribution is 5.81. The first-order valence-corrected chi connectivity index (χ1v) is 6.50. The molecule has 0 unspecified atom stereocenters. The van der Waals surface area contributed by atoms with Gasteiger partial charge in [-0.1, -0.05) is 18.2 Å². The van der Waals surface area contributed by atoms with Gasteiger partial charge in [-0.25, -0.2) is 4.98 Å². The lowest BCUT2D eigenvalue weighted by Crippen LogP contribution is -2.38. The molecule has 19 heavy (non-hydrogen) atoms. The molecule has 0 radical (unpaired) electrons. The van der Waals surface area contributed by atoms with Crippen molar-refractivity contribution < 1.29 is 2.74 Å². The summed E-state index contributed by atoms with van der Waals surface area (Å²) in [6.45, 7) is 4.18. The summed E-state index contributed by atoms with van der Waals surface area (Å²) in [5.41, 5.74) is 3.20. The molecule has 0 saturated heterocycles. The molecule has 0 bridgehead atoms. The van der Waals surface area contributed by atoms with Crippen molar-refractivity contribution in [3.8, 4) is 0 Å². The molecule has 1 aliphatic rings. The van der Waals surface area contributed by atoms with Gasteiger partial charge in [0.15, 0.2) is 5.82 Å². The predicted molar refractivity (Wildman–Crippen MR) is 80.0 cm³/mol. The number of aromatic nitrogens is 1. The molecule has 3 nitrogen and oxygen atoms in total. The van der Waals surface area contributed by atoms with E-state index in [0.29, 0.717) is 5.82 Å². The highest BCUT2D eigenvalue weighted by Gasteiger charge is 2.34. The molecule has 3 heteroatoms. The molecule has 0 aliphatic carbocycles. The fourth-order valence-electron chi connectivity index (χ4n) is 2.71. The summed E-state index contributed by atoms with van der Waals surface area (Å²) < 4.78 is 16.2. The Morgan fingerprint density at radius 3 is 2.68 bits per heavy atom. The second kappa shape index (κ2) is 4.57. The maximum Gasteiger partial charge on any atom is 0.154 e. The molecule has 1 aromatic heterocycles. The van der Waals surface area contributed by atoms with Crippen molar-refractivity contribution in [3.05, 3.63) is 48.2 Å². The van der Waals surface area contributed by atoms with Gasteiger partial charge in [0.2, 0.25) is 0 Å². The number of aryl methyl sites for hydroxylation is 1. The van der Waals surface area contributed by atoms with Crippen molar-refractivity contribution in [2.24, 2.45) is 0 Å². The van der Waals surface area contributed by atoms with Crippen LogP contribution in [0, 0.1) is 6.92 Å². The lowest BCUT2D eigenvalue weighted by atomic mass is 10.1. The lowest BCUT2D eigenvalue weighted by molar-refractivity contribution is 0.686. The van der Waals surface area contributed by atoms with E-state index in [-0.39, 0.29) is 6.17 Å². The van der Waals surface area contributed by atoms with Crippen LogP contribution in [0.4, 0.5) is 17.2 Å². The summed E-state index contributed by atoms with van der Waals surface area (Å²) in [5.74, 6) is 0.695. The highest BCUT2D eigenvalue weighted by atomic mass is 15.4. The van der Waals surface area contributed by atoms with E-state index < -0.39 is 6.50 Å². The quantitative estimate of drug-likeness (QED) is 0.815. The van der Waals surface area contributed by atoms with Gasteiger partial charge in [-0.3, -0.25) is 0 Å². The number of pyridine rings is 1. The van der Waals surface area contributed by atoms with Crippen molar-refractivity contribution in [1.82, 2.24) is 4.98 Å². The van der Waals surface area contributed by atoms with Crippen LogP contribution in [-0.4, -0.2) is 17.6 Å². The number of para-hydroxylation sites is 1. The Morgan fingerprint density at radius 2 is 1.95 bits per heavy atom. The van der Waals surface area contributed by atoms with E-state index in [4.69, 9.17) is 2.74 Å². The van der Waals surface area contributed by atoms with Gasteiger partial charge in [0.05, 0.1) is 5.69 Å². The molecule has 0 N–H and O–H groups in total. The summed E-state index contributed by atoms with van der Waals surface area (Å²) in [4.78, 5) is 8.29. The monoisotopic (exact) mass is 255 g/mol. The van der Waals surface area contributed by atoms with Gasteiger partial charge < -0.3 is 9.80 Å². The molecule has 1 aromatic carbocycles. The summed E-state index contributed by atoms with van der Waals surface area (Å²) in [6.07, 6.45) is 1.59. The third kappa shape index (κ3) is 1.77. The van der Waals surface area contributed by atoms with Crippen LogP contribution in [0.3, 0.4) is 0 Å². The molecule has 3 rings (SSSR count). The smallest absolute Gasteiger partial charge is 0.154 e. The number of anilines is 3. The van der Waals surface area contributed by atoms with Crippen molar-refractivity contribution >= 4 is 17.2 Å². The maximum atomic E-state index is 8.12. The number of nitrogens with zero attached hydrogens (tertiary/aromatic N) is 3. The number of hydrogen-bond acceptors (Lipinski definition) is 3. The Morgan fingerprint density at radius 1 is 1.21 bits per heavy atom. The lowest BCUT2D eigenvalue weighted by Gasteiger charge is -2.29. The molecular formula is C16H19N3. The van der Waals surface area contributed by atoms with Crippen LogP contribution >= 0.6 is 0 Å². The highest BCUT2D eigenvalue weighted by Crippen LogP contribution is 2.42. The molecule has 1 atom stereocenters. The van der Waals surface area contributed by atoms with E-state index in [0.717, 1.165) is 16.9 Å². The molecule has 1 aliphatic heterocycles. The van der Waals surface area contributed by atoms with Gasteiger partial charge >= 0.3 is 0 Å². The normalized spacial score (nSPS) is 20.1. The molecule has 98 valence electrons. The zero-order valence-electron chi connectivity index (χ0n) is 13.5. The Bertz CT molecular complexity index is 667. The van der Waals surface area contributed by atoms with E-state index in [1.165, 1.54) is 0 Å². The van der Waals surface area contributed by atoms with Gasteiger partial charge in [-0.05, 0) is 44.5 Å². The molecule has 0 amide bonds. The maximum absolute atomic E-state index is 8.12. The van der Waals surface area contributed by atoms with E-state index in [1.54, 1.807) is 18.0 Å². The SMILES string of the molecule is [2H]C([2H])(C)N1c2ncccc2N(c2ccccc2C)[C@@H]1C. The van der Waals surface area contributed by atoms with Gasteiger partial charge in [0.1, 0.15) is 6.17 Å². The van der Waals surface area contributed by atoms with E-state index in [2.05, 4.69) is 28.9 Å².